The number of aryl methyl sites for hydroxylation is 3. The average molecular weight is 270 g/mol. The second kappa shape index (κ2) is 4.89. The van der Waals surface area contributed by atoms with Gasteiger partial charge in [-0.25, -0.2) is 4.98 Å². The largest absolute Gasteiger partial charge is 0.347 e. The zero-order chi connectivity index (χ0) is 13.4. The Hall–Kier alpha value is -1.48. The Kier molecular flexibility index (Phi) is 3.23. The van der Waals surface area contributed by atoms with E-state index < -0.39 is 0 Å². The van der Waals surface area contributed by atoms with Crippen molar-refractivity contribution in [2.45, 2.75) is 39.5 Å². The summed E-state index contributed by atoms with van der Waals surface area (Å²) in [5, 5.41) is 0. The Morgan fingerprint density at radius 1 is 1.21 bits per heavy atom. The fraction of sp³-hybridized carbons (Fsp3) is 0.375. The van der Waals surface area contributed by atoms with Gasteiger partial charge in [0.15, 0.2) is 0 Å². The molecule has 19 heavy (non-hydrogen) atoms. The van der Waals surface area contributed by atoms with Gasteiger partial charge in [0.05, 0.1) is 0 Å². The van der Waals surface area contributed by atoms with Crippen LogP contribution >= 0.6 is 12.2 Å². The van der Waals surface area contributed by atoms with Crippen molar-refractivity contribution in [3.05, 3.63) is 56.6 Å². The lowest BCUT2D eigenvalue weighted by atomic mass is 10.0. The number of aromatic amines is 1. The van der Waals surface area contributed by atoms with Gasteiger partial charge in [-0.05, 0) is 49.8 Å². The predicted octanol–water partition coefficient (Wildman–Crippen LogP) is 3.84. The monoisotopic (exact) mass is 270 g/mol. The van der Waals surface area contributed by atoms with Crippen molar-refractivity contribution in [2.24, 2.45) is 0 Å². The number of rotatable bonds is 2. The molecule has 0 bridgehead atoms. The maximum Gasteiger partial charge on any atom is 0.133 e. The molecule has 0 aliphatic heterocycles. The lowest BCUT2D eigenvalue weighted by Gasteiger charge is -2.07. The standard InChI is InChI=1S/C16H18N2S/c1-10-6-7-12(8-11(10)2)9-15-17-14-5-3-4-13(14)16(19)18-15/h6-8H,3-5,9H2,1-2H3,(H,17,18,19). The van der Waals surface area contributed by atoms with Gasteiger partial charge in [-0.15, -0.1) is 0 Å². The first-order valence-corrected chi connectivity index (χ1v) is 7.21. The molecule has 0 atom stereocenters. The second-order valence-electron chi connectivity index (χ2n) is 5.39. The van der Waals surface area contributed by atoms with E-state index in [1.165, 1.54) is 34.4 Å². The first-order chi connectivity index (χ1) is 9.13. The van der Waals surface area contributed by atoms with Crippen LogP contribution in [0.2, 0.25) is 0 Å². The molecule has 1 aliphatic rings. The van der Waals surface area contributed by atoms with Gasteiger partial charge in [0.2, 0.25) is 0 Å². The highest BCUT2D eigenvalue weighted by molar-refractivity contribution is 7.71. The molecule has 1 aromatic heterocycles. The molecule has 1 aliphatic carbocycles. The minimum Gasteiger partial charge on any atom is -0.347 e. The van der Waals surface area contributed by atoms with Crippen LogP contribution in [0, 0.1) is 18.5 Å². The molecular weight excluding hydrogens is 252 g/mol. The van der Waals surface area contributed by atoms with Gasteiger partial charge < -0.3 is 4.98 Å². The fourth-order valence-electron chi connectivity index (χ4n) is 2.70. The number of fused-ring (bicyclic) bond motifs is 1. The summed E-state index contributed by atoms with van der Waals surface area (Å²) >= 11 is 5.40. The fourth-order valence-corrected chi connectivity index (χ4v) is 3.04. The Labute approximate surface area is 118 Å². The van der Waals surface area contributed by atoms with Crippen LogP contribution in [0.5, 0.6) is 0 Å². The van der Waals surface area contributed by atoms with Crippen molar-refractivity contribution in [2.75, 3.05) is 0 Å². The lowest BCUT2D eigenvalue weighted by molar-refractivity contribution is 0.884. The van der Waals surface area contributed by atoms with Crippen LogP contribution in [0.3, 0.4) is 0 Å². The highest BCUT2D eigenvalue weighted by Crippen LogP contribution is 2.21. The van der Waals surface area contributed by atoms with E-state index in [1.807, 2.05) is 0 Å². The summed E-state index contributed by atoms with van der Waals surface area (Å²) in [6.07, 6.45) is 4.23. The minimum atomic E-state index is 0.796. The molecule has 0 radical (unpaired) electrons. The van der Waals surface area contributed by atoms with Gasteiger partial charge in [-0.3, -0.25) is 0 Å². The number of aromatic nitrogens is 2. The van der Waals surface area contributed by atoms with E-state index in [0.717, 1.165) is 29.7 Å². The average Bonchev–Trinajstić information content (AvgIpc) is 2.82. The maximum absolute atomic E-state index is 5.40. The molecule has 2 nitrogen and oxygen atoms in total. The van der Waals surface area contributed by atoms with Gasteiger partial charge in [0.1, 0.15) is 10.5 Å². The number of benzene rings is 1. The van der Waals surface area contributed by atoms with E-state index in [0.29, 0.717) is 0 Å². The molecular formula is C16H18N2S. The molecule has 1 aromatic carbocycles. The quantitative estimate of drug-likeness (QED) is 0.840. The minimum absolute atomic E-state index is 0.796. The number of hydrogen-bond donors (Lipinski definition) is 1. The lowest BCUT2D eigenvalue weighted by Crippen LogP contribution is -2.02. The van der Waals surface area contributed by atoms with Crippen LogP contribution in [0.25, 0.3) is 0 Å². The Balaban J connectivity index is 1.93. The summed E-state index contributed by atoms with van der Waals surface area (Å²) in [5.74, 6) is 0.994. The third-order valence-electron chi connectivity index (χ3n) is 3.95. The molecule has 0 unspecified atom stereocenters. The smallest absolute Gasteiger partial charge is 0.133 e. The molecule has 0 fully saturated rings. The van der Waals surface area contributed by atoms with Crippen molar-refractivity contribution in [1.29, 1.82) is 0 Å². The summed E-state index contributed by atoms with van der Waals surface area (Å²) in [7, 11) is 0. The van der Waals surface area contributed by atoms with Gasteiger partial charge >= 0.3 is 0 Å². The van der Waals surface area contributed by atoms with Crippen molar-refractivity contribution in [3.63, 3.8) is 0 Å². The number of H-pyrrole nitrogens is 1. The van der Waals surface area contributed by atoms with E-state index >= 15 is 0 Å². The van der Waals surface area contributed by atoms with Crippen LogP contribution in [0.15, 0.2) is 18.2 Å². The molecule has 98 valence electrons. The Morgan fingerprint density at radius 3 is 2.84 bits per heavy atom. The molecule has 1 heterocycles. The highest BCUT2D eigenvalue weighted by Gasteiger charge is 2.14. The third kappa shape index (κ3) is 2.47. The molecule has 0 amide bonds. The maximum atomic E-state index is 5.40. The Morgan fingerprint density at radius 2 is 2.05 bits per heavy atom. The molecule has 0 spiro atoms. The zero-order valence-electron chi connectivity index (χ0n) is 11.4. The van der Waals surface area contributed by atoms with Crippen molar-refractivity contribution >= 4 is 12.2 Å². The first-order valence-electron chi connectivity index (χ1n) is 6.80. The summed E-state index contributed by atoms with van der Waals surface area (Å²) in [6.45, 7) is 4.29. The Bertz CT molecular complexity index is 686. The predicted molar refractivity (Wildman–Crippen MR) is 80.2 cm³/mol. The summed E-state index contributed by atoms with van der Waals surface area (Å²) in [6, 6.07) is 6.59. The zero-order valence-corrected chi connectivity index (χ0v) is 12.2. The van der Waals surface area contributed by atoms with Crippen molar-refractivity contribution < 1.29 is 0 Å². The van der Waals surface area contributed by atoms with E-state index in [-0.39, 0.29) is 0 Å². The van der Waals surface area contributed by atoms with Gasteiger partial charge in [0.25, 0.3) is 0 Å². The number of hydrogen-bond acceptors (Lipinski definition) is 2. The van der Waals surface area contributed by atoms with E-state index in [1.54, 1.807) is 0 Å². The normalized spacial score (nSPS) is 13.6. The molecule has 1 N–H and O–H groups in total. The van der Waals surface area contributed by atoms with E-state index in [4.69, 9.17) is 12.2 Å². The van der Waals surface area contributed by atoms with Crippen LogP contribution in [0.4, 0.5) is 0 Å². The molecule has 0 saturated carbocycles. The third-order valence-corrected chi connectivity index (χ3v) is 4.29. The van der Waals surface area contributed by atoms with Crippen molar-refractivity contribution in [3.8, 4) is 0 Å². The first kappa shape index (κ1) is 12.5. The number of nitrogens with one attached hydrogen (secondary N) is 1. The van der Waals surface area contributed by atoms with Crippen LogP contribution in [-0.2, 0) is 19.3 Å². The summed E-state index contributed by atoms with van der Waals surface area (Å²) in [5.41, 5.74) is 6.52. The molecule has 0 saturated heterocycles. The topological polar surface area (TPSA) is 28.7 Å². The summed E-state index contributed by atoms with van der Waals surface area (Å²) < 4.78 is 0.796. The van der Waals surface area contributed by atoms with Gasteiger partial charge in [0, 0.05) is 17.7 Å². The molecule has 3 heteroatoms. The molecule has 2 aromatic rings. The second-order valence-corrected chi connectivity index (χ2v) is 5.78. The van der Waals surface area contributed by atoms with Gasteiger partial charge in [-0.2, -0.15) is 0 Å². The van der Waals surface area contributed by atoms with Crippen molar-refractivity contribution in [1.82, 2.24) is 9.97 Å². The highest BCUT2D eigenvalue weighted by atomic mass is 32.1. The van der Waals surface area contributed by atoms with E-state index in [2.05, 4.69) is 42.0 Å². The van der Waals surface area contributed by atoms with Gasteiger partial charge in [-0.1, -0.05) is 30.4 Å². The van der Waals surface area contributed by atoms with Crippen LogP contribution < -0.4 is 0 Å². The number of nitrogens with zero attached hydrogens (tertiary/aromatic N) is 1. The SMILES string of the molecule is Cc1ccc(Cc2nc(=S)c3c([nH]2)CCC3)cc1C. The van der Waals surface area contributed by atoms with E-state index in [9.17, 15) is 0 Å². The molecule has 3 rings (SSSR count). The van der Waals surface area contributed by atoms with Crippen LogP contribution in [-0.4, -0.2) is 9.97 Å². The van der Waals surface area contributed by atoms with Crippen LogP contribution in [0.1, 0.15) is 40.2 Å². The summed E-state index contributed by atoms with van der Waals surface area (Å²) in [4.78, 5) is 8.02.